The number of aromatic nitrogens is 2. The number of aliphatic hydroxyl groups excluding tert-OH is 1. The van der Waals surface area contributed by atoms with Crippen molar-refractivity contribution in [2.45, 2.75) is 103 Å². The third-order valence-electron chi connectivity index (χ3n) is 15.5. The topological polar surface area (TPSA) is 239 Å². The first-order valence-corrected chi connectivity index (χ1v) is 29.3. The molecule has 0 radical (unpaired) electrons. The molecule has 4 aliphatic heterocycles. The van der Waals surface area contributed by atoms with Crippen LogP contribution in [0, 0.1) is 18.2 Å². The largest absolute Gasteiger partial charge is 0.508 e. The van der Waals surface area contributed by atoms with Crippen molar-refractivity contribution >= 4 is 68.9 Å². The standard InChI is InChI=1S/C58H71FN10O10S2/c1-36-51(81-35-62-36)38-7-5-37(6-8-38)32-61-53(74)46-31-43(70)34-68(46)56(77)52(58(2,3)4)63-48(72)15-24-78-26-27-79-25-16-49(73)67-22-20-66(21-23-67)41-13-18-65(19-14-41)42-11-9-39-33-69(55(76)44(39)30-42)50(45-29-40(59)10-12-47(45)71)54(75)64-57-60-17-28-80-57/h5-12,17,28-30,35,41,43,46,50,52,70-71H,13-16,18-27,31-34H2,1-4H3,(H,61,74)(H,63,72)(H,60,64,75)/t43-,46+,50?,52-/m1/s1. The summed E-state index contributed by atoms with van der Waals surface area (Å²) in [6.07, 6.45) is 2.76. The van der Waals surface area contributed by atoms with E-state index in [4.69, 9.17) is 9.47 Å². The van der Waals surface area contributed by atoms with Gasteiger partial charge in [0.2, 0.25) is 23.6 Å². The van der Waals surface area contributed by atoms with Crippen LogP contribution in [0.15, 0.2) is 77.8 Å². The summed E-state index contributed by atoms with van der Waals surface area (Å²) in [5.41, 5.74) is 6.03. The van der Waals surface area contributed by atoms with E-state index >= 15 is 0 Å². The fourth-order valence-corrected chi connectivity index (χ4v) is 12.4. The molecule has 3 aromatic carbocycles. The number of carbonyl (C=O) groups excluding carboxylic acids is 6. The number of likely N-dealkylation sites (tertiary alicyclic amines) is 1. The van der Waals surface area contributed by atoms with Gasteiger partial charge in [0.15, 0.2) is 5.13 Å². The van der Waals surface area contributed by atoms with Gasteiger partial charge in [0.25, 0.3) is 11.8 Å². The van der Waals surface area contributed by atoms with Gasteiger partial charge in [0.05, 0.1) is 55.0 Å². The zero-order valence-corrected chi connectivity index (χ0v) is 47.7. The third kappa shape index (κ3) is 14.4. The van der Waals surface area contributed by atoms with Crippen molar-refractivity contribution in [2.24, 2.45) is 5.41 Å². The second-order valence-electron chi connectivity index (χ2n) is 22.0. The molecular formula is C58H71FN10O10S2. The number of aromatic hydroxyl groups is 1. The highest BCUT2D eigenvalue weighted by molar-refractivity contribution is 7.14. The molecule has 3 saturated heterocycles. The molecule has 0 saturated carbocycles. The van der Waals surface area contributed by atoms with Crippen LogP contribution in [0.1, 0.15) is 91.7 Å². The van der Waals surface area contributed by atoms with Crippen molar-refractivity contribution in [3.05, 3.63) is 112 Å². The van der Waals surface area contributed by atoms with Crippen molar-refractivity contribution in [2.75, 3.05) is 82.5 Å². The highest BCUT2D eigenvalue weighted by Crippen LogP contribution is 2.39. The lowest BCUT2D eigenvalue weighted by Crippen LogP contribution is -2.57. The zero-order valence-electron chi connectivity index (χ0n) is 46.1. The number of anilines is 2. The van der Waals surface area contributed by atoms with Crippen LogP contribution in [-0.2, 0) is 46.5 Å². The number of nitrogens with zero attached hydrogens (tertiary/aromatic N) is 7. The van der Waals surface area contributed by atoms with E-state index in [1.807, 2.05) is 75.1 Å². The van der Waals surface area contributed by atoms with Gasteiger partial charge in [0.1, 0.15) is 29.7 Å². The van der Waals surface area contributed by atoms with Crippen LogP contribution < -0.4 is 20.9 Å². The van der Waals surface area contributed by atoms with Gasteiger partial charge in [-0.2, -0.15) is 0 Å². The Hall–Kier alpha value is -6.89. The Labute approximate surface area is 478 Å². The number of piperidine rings is 1. The fraction of sp³-hybridized carbons (Fsp3) is 0.483. The molecule has 4 atom stereocenters. The summed E-state index contributed by atoms with van der Waals surface area (Å²) in [7, 11) is 0. The Morgan fingerprint density at radius 1 is 0.877 bits per heavy atom. The summed E-state index contributed by atoms with van der Waals surface area (Å²) in [6, 6.07) is 14.1. The third-order valence-corrected chi connectivity index (χ3v) is 17.1. The number of rotatable bonds is 21. The van der Waals surface area contributed by atoms with E-state index in [1.54, 1.807) is 22.2 Å². The quantitative estimate of drug-likeness (QED) is 0.0572. The molecule has 5 aromatic rings. The number of halogens is 1. The molecule has 4 aliphatic rings. The minimum Gasteiger partial charge on any atom is -0.508 e. The van der Waals surface area contributed by atoms with E-state index in [2.05, 4.69) is 35.7 Å². The van der Waals surface area contributed by atoms with E-state index in [-0.39, 0.29) is 88.5 Å². The van der Waals surface area contributed by atoms with Crippen molar-refractivity contribution < 1.29 is 52.8 Å². The lowest BCUT2D eigenvalue weighted by molar-refractivity contribution is -0.144. The van der Waals surface area contributed by atoms with Crippen LogP contribution in [0.4, 0.5) is 15.2 Å². The molecule has 6 amide bonds. The highest BCUT2D eigenvalue weighted by atomic mass is 32.1. The second kappa shape index (κ2) is 26.4. The number of phenols is 1. The van der Waals surface area contributed by atoms with Crippen LogP contribution in [-0.4, -0.2) is 172 Å². The lowest BCUT2D eigenvalue weighted by atomic mass is 9.85. The number of carbonyl (C=O) groups is 6. The second-order valence-corrected chi connectivity index (χ2v) is 23.8. The van der Waals surface area contributed by atoms with Gasteiger partial charge < -0.3 is 49.9 Å². The Kier molecular flexibility index (Phi) is 19.1. The predicted octanol–water partition coefficient (Wildman–Crippen LogP) is 5.49. The molecule has 20 nitrogen and oxygen atoms in total. The van der Waals surface area contributed by atoms with Crippen molar-refractivity contribution in [3.63, 3.8) is 0 Å². The molecule has 6 heterocycles. The van der Waals surface area contributed by atoms with Crippen LogP contribution in [0.5, 0.6) is 5.75 Å². The van der Waals surface area contributed by atoms with Gasteiger partial charge in [-0.3, -0.25) is 39.0 Å². The van der Waals surface area contributed by atoms with Gasteiger partial charge in [-0.15, -0.1) is 22.7 Å². The van der Waals surface area contributed by atoms with Crippen LogP contribution in [0.3, 0.4) is 0 Å². The van der Waals surface area contributed by atoms with Crippen LogP contribution in [0.25, 0.3) is 10.4 Å². The number of phenolic OH excluding ortho intramolecular Hbond substituents is 1. The number of thiazole rings is 2. The minimum absolute atomic E-state index is 0.0121. The molecule has 81 heavy (non-hydrogen) atoms. The summed E-state index contributed by atoms with van der Waals surface area (Å²) < 4.78 is 25.9. The number of aryl methyl sites for hydroxylation is 1. The molecule has 0 spiro atoms. The average molecular weight is 1150 g/mol. The lowest BCUT2D eigenvalue weighted by Gasteiger charge is -2.43. The maximum absolute atomic E-state index is 14.5. The first-order chi connectivity index (χ1) is 38.9. The summed E-state index contributed by atoms with van der Waals surface area (Å²) in [6.45, 7) is 12.8. The van der Waals surface area contributed by atoms with Crippen LogP contribution in [0.2, 0.25) is 0 Å². The van der Waals surface area contributed by atoms with E-state index in [0.29, 0.717) is 29.8 Å². The number of benzene rings is 3. The van der Waals surface area contributed by atoms with Gasteiger partial charge in [-0.05, 0) is 72.2 Å². The monoisotopic (exact) mass is 1150 g/mol. The Bertz CT molecular complexity index is 3030. The number of ether oxygens (including phenoxy) is 2. The number of fused-ring (bicyclic) bond motifs is 1. The predicted molar refractivity (Wildman–Crippen MR) is 304 cm³/mol. The number of hydrogen-bond acceptors (Lipinski definition) is 16. The summed E-state index contributed by atoms with van der Waals surface area (Å²) in [4.78, 5) is 100. The molecular weight excluding hydrogens is 1080 g/mol. The number of piperazine rings is 1. The van der Waals surface area contributed by atoms with Gasteiger partial charge >= 0.3 is 0 Å². The summed E-state index contributed by atoms with van der Waals surface area (Å²) in [5, 5.41) is 31.8. The maximum Gasteiger partial charge on any atom is 0.255 e. The van der Waals surface area contributed by atoms with Gasteiger partial charge in [-0.1, -0.05) is 51.1 Å². The van der Waals surface area contributed by atoms with E-state index in [0.717, 1.165) is 84.1 Å². The highest BCUT2D eigenvalue weighted by Gasteiger charge is 2.45. The Morgan fingerprint density at radius 2 is 1.60 bits per heavy atom. The first-order valence-electron chi connectivity index (χ1n) is 27.5. The number of amides is 6. The van der Waals surface area contributed by atoms with Crippen LogP contribution >= 0.6 is 22.7 Å². The van der Waals surface area contributed by atoms with Crippen molar-refractivity contribution in [3.8, 4) is 16.2 Å². The smallest absolute Gasteiger partial charge is 0.255 e. The molecule has 9 rings (SSSR count). The van der Waals surface area contributed by atoms with E-state index < -0.39 is 59.1 Å². The maximum atomic E-state index is 14.5. The molecule has 2 aromatic heterocycles. The molecule has 0 bridgehead atoms. The molecule has 432 valence electrons. The number of β-amino-alcohol motifs (C(OH)–C–C–N with tert-alkyl or cyclic N) is 1. The molecule has 23 heteroatoms. The number of nitrogens with one attached hydrogen (secondary N) is 3. The Balaban J connectivity index is 0.648. The summed E-state index contributed by atoms with van der Waals surface area (Å²) >= 11 is 2.77. The molecule has 3 fully saturated rings. The van der Waals surface area contributed by atoms with Gasteiger partial charge in [-0.25, -0.2) is 14.4 Å². The number of aliphatic hydroxyl groups is 1. The molecule has 5 N–H and O–H groups in total. The van der Waals surface area contributed by atoms with E-state index in [1.165, 1.54) is 33.4 Å². The van der Waals surface area contributed by atoms with E-state index in [9.17, 15) is 43.4 Å². The summed E-state index contributed by atoms with van der Waals surface area (Å²) in [5.74, 6) is -3.16. The zero-order chi connectivity index (χ0) is 57.4. The number of hydrogen-bond donors (Lipinski definition) is 5. The molecule has 1 unspecified atom stereocenters. The normalized spacial score (nSPS) is 18.7. The Morgan fingerprint density at radius 3 is 2.28 bits per heavy atom. The van der Waals surface area contributed by atoms with Gasteiger partial charge in [0, 0.05) is 106 Å². The molecule has 0 aliphatic carbocycles. The first kappa shape index (κ1) is 58.8. The van der Waals surface area contributed by atoms with Crippen molar-refractivity contribution in [1.82, 2.24) is 40.2 Å². The SMILES string of the molecule is Cc1ncsc1-c1ccc(CNC(=O)[C@@H]2C[C@@H](O)CN2C(=O)[C@@H](NC(=O)CCOCCOCCC(=O)N2CCN(C3CCN(c4ccc5c(c4)C(=O)N(C(C(=O)Nc4nccs4)c4cc(F)ccc4O)C5)CC3)CC2)C(C)(C)C)cc1. The van der Waals surface area contributed by atoms with Crippen molar-refractivity contribution in [1.29, 1.82) is 0 Å². The fourth-order valence-electron chi connectivity index (χ4n) is 11.0. The minimum atomic E-state index is -1.31. The average Bonchev–Trinajstić information content (AvgIpc) is 4.37.